The number of pyridine rings is 1. The minimum absolute atomic E-state index is 0.104. The van der Waals surface area contributed by atoms with Crippen LogP contribution in [-0.2, 0) is 11.2 Å². The van der Waals surface area contributed by atoms with Gasteiger partial charge in [0.25, 0.3) is 5.56 Å². The molecule has 3 N–H and O–H groups in total. The summed E-state index contributed by atoms with van der Waals surface area (Å²) in [4.78, 5) is 24.1. The predicted molar refractivity (Wildman–Crippen MR) is 61.8 cm³/mol. The zero-order valence-corrected chi connectivity index (χ0v) is 9.46. The molecule has 0 spiro atoms. The van der Waals surface area contributed by atoms with Gasteiger partial charge in [0, 0.05) is 5.56 Å². The van der Waals surface area contributed by atoms with Crippen LogP contribution in [0.3, 0.4) is 0 Å². The van der Waals surface area contributed by atoms with Crippen LogP contribution in [0.15, 0.2) is 4.79 Å². The molecule has 1 aromatic rings. The molecule has 1 amide bonds. The number of H-pyrrole nitrogens is 1. The van der Waals surface area contributed by atoms with Crippen molar-refractivity contribution in [3.8, 4) is 5.88 Å². The van der Waals surface area contributed by atoms with Crippen molar-refractivity contribution in [2.45, 2.75) is 33.1 Å². The summed E-state index contributed by atoms with van der Waals surface area (Å²) in [5.41, 5.74) is 1.04. The molecule has 16 heavy (non-hydrogen) atoms. The van der Waals surface area contributed by atoms with E-state index in [-0.39, 0.29) is 11.6 Å². The number of nitrogens with one attached hydrogen (secondary N) is 2. The van der Waals surface area contributed by atoms with Crippen molar-refractivity contribution in [1.82, 2.24) is 4.98 Å². The van der Waals surface area contributed by atoms with Gasteiger partial charge >= 0.3 is 0 Å². The molecule has 0 fully saturated rings. The van der Waals surface area contributed by atoms with E-state index in [9.17, 15) is 14.7 Å². The highest BCUT2D eigenvalue weighted by Crippen LogP contribution is 2.23. The maximum atomic E-state index is 11.4. The molecule has 0 atom stereocenters. The Labute approximate surface area is 93.5 Å². The van der Waals surface area contributed by atoms with Crippen molar-refractivity contribution < 1.29 is 9.90 Å². The summed E-state index contributed by atoms with van der Waals surface area (Å²) in [7, 11) is 0. The van der Waals surface area contributed by atoms with E-state index in [0.717, 1.165) is 12.8 Å². The molecule has 0 saturated heterocycles. The average Bonchev–Trinajstić information content (AvgIpc) is 2.24. The van der Waals surface area contributed by atoms with Gasteiger partial charge in [0.15, 0.2) is 5.88 Å². The fourth-order valence-electron chi connectivity index (χ4n) is 1.64. The minimum Gasteiger partial charge on any atom is -0.494 e. The smallest absolute Gasteiger partial charge is 0.274 e. The number of aromatic nitrogens is 1. The Bertz CT molecular complexity index is 438. The zero-order chi connectivity index (χ0) is 12.1. The third kappa shape index (κ3) is 2.42. The molecule has 1 heterocycles. The number of aromatic hydroxyl groups is 1. The van der Waals surface area contributed by atoms with Crippen LogP contribution >= 0.6 is 0 Å². The van der Waals surface area contributed by atoms with Gasteiger partial charge in [-0.1, -0.05) is 13.3 Å². The standard InChI is InChI=1S/C11H16N2O3/c1-3-4-5-8-7(2)9(12-6-14)11(16)13-10(8)15/h6H,3-5H2,1-2H3,(H,12,14)(H2,13,15,16). The van der Waals surface area contributed by atoms with E-state index in [1.54, 1.807) is 6.92 Å². The van der Waals surface area contributed by atoms with E-state index < -0.39 is 5.56 Å². The lowest BCUT2D eigenvalue weighted by Gasteiger charge is -2.11. The van der Waals surface area contributed by atoms with Crippen molar-refractivity contribution in [2.24, 2.45) is 0 Å². The van der Waals surface area contributed by atoms with Crippen molar-refractivity contribution in [1.29, 1.82) is 0 Å². The Hall–Kier alpha value is -1.78. The highest BCUT2D eigenvalue weighted by Gasteiger charge is 2.12. The summed E-state index contributed by atoms with van der Waals surface area (Å²) >= 11 is 0. The van der Waals surface area contributed by atoms with Crippen molar-refractivity contribution in [2.75, 3.05) is 5.32 Å². The lowest BCUT2D eigenvalue weighted by Crippen LogP contribution is -2.16. The second kappa shape index (κ2) is 5.34. The van der Waals surface area contributed by atoms with Crippen LogP contribution in [-0.4, -0.2) is 16.5 Å². The van der Waals surface area contributed by atoms with E-state index in [1.807, 2.05) is 6.92 Å². The molecule has 0 aliphatic carbocycles. The van der Waals surface area contributed by atoms with Gasteiger partial charge in [-0.15, -0.1) is 0 Å². The van der Waals surface area contributed by atoms with Crippen LogP contribution in [0.25, 0.3) is 0 Å². The fraction of sp³-hybridized carbons (Fsp3) is 0.455. The first-order chi connectivity index (χ1) is 7.61. The number of unbranched alkanes of at least 4 members (excludes halogenated alkanes) is 1. The topological polar surface area (TPSA) is 82.2 Å². The normalized spacial score (nSPS) is 10.1. The molecule has 0 aliphatic rings. The third-order valence-electron chi connectivity index (χ3n) is 2.56. The number of hydrogen-bond acceptors (Lipinski definition) is 3. The molecule has 0 radical (unpaired) electrons. The van der Waals surface area contributed by atoms with Crippen LogP contribution in [0.4, 0.5) is 5.69 Å². The summed E-state index contributed by atoms with van der Waals surface area (Å²) in [5.74, 6) is -0.104. The van der Waals surface area contributed by atoms with Crippen molar-refractivity contribution >= 4 is 12.1 Å². The first-order valence-corrected chi connectivity index (χ1v) is 5.26. The molecule has 1 rings (SSSR count). The number of aromatic amines is 1. The Morgan fingerprint density at radius 2 is 2.19 bits per heavy atom. The number of rotatable bonds is 5. The second-order valence-electron chi connectivity index (χ2n) is 3.65. The van der Waals surface area contributed by atoms with Gasteiger partial charge in [-0.25, -0.2) is 0 Å². The zero-order valence-electron chi connectivity index (χ0n) is 9.46. The summed E-state index contributed by atoms with van der Waals surface area (Å²) in [6.07, 6.45) is 3.05. The van der Waals surface area contributed by atoms with Crippen LogP contribution < -0.4 is 10.9 Å². The van der Waals surface area contributed by atoms with E-state index >= 15 is 0 Å². The molecule has 0 unspecified atom stereocenters. The maximum absolute atomic E-state index is 11.4. The van der Waals surface area contributed by atoms with Gasteiger partial charge < -0.3 is 10.4 Å². The number of carbonyl (C=O) groups is 1. The number of anilines is 1. The Balaban J connectivity index is 3.21. The molecule has 0 bridgehead atoms. The first kappa shape index (κ1) is 12.3. The van der Waals surface area contributed by atoms with Crippen LogP contribution in [0, 0.1) is 6.92 Å². The lowest BCUT2D eigenvalue weighted by atomic mass is 10.0. The minimum atomic E-state index is -0.484. The number of hydrogen-bond donors (Lipinski definition) is 3. The van der Waals surface area contributed by atoms with E-state index in [0.29, 0.717) is 24.0 Å². The average molecular weight is 224 g/mol. The van der Waals surface area contributed by atoms with Crippen LogP contribution in [0.5, 0.6) is 5.88 Å². The number of amides is 1. The number of carbonyl (C=O) groups excluding carboxylic acids is 1. The molecule has 0 aliphatic heterocycles. The van der Waals surface area contributed by atoms with Gasteiger partial charge in [0.2, 0.25) is 6.41 Å². The molecule has 1 aromatic heterocycles. The lowest BCUT2D eigenvalue weighted by molar-refractivity contribution is -0.105. The molecular weight excluding hydrogens is 208 g/mol. The second-order valence-corrected chi connectivity index (χ2v) is 3.65. The SMILES string of the molecule is CCCCc1c(O)[nH]c(=O)c(NC=O)c1C. The van der Waals surface area contributed by atoms with Crippen molar-refractivity contribution in [3.63, 3.8) is 0 Å². The largest absolute Gasteiger partial charge is 0.494 e. The van der Waals surface area contributed by atoms with Gasteiger partial charge in [-0.05, 0) is 25.3 Å². The molecule has 5 nitrogen and oxygen atoms in total. The molecular formula is C11H16N2O3. The first-order valence-electron chi connectivity index (χ1n) is 5.26. The predicted octanol–water partition coefficient (Wildman–Crippen LogP) is 1.30. The van der Waals surface area contributed by atoms with Gasteiger partial charge in [0.05, 0.1) is 0 Å². The van der Waals surface area contributed by atoms with E-state index in [2.05, 4.69) is 10.3 Å². The Morgan fingerprint density at radius 1 is 1.50 bits per heavy atom. The van der Waals surface area contributed by atoms with E-state index in [4.69, 9.17) is 0 Å². The quantitative estimate of drug-likeness (QED) is 0.659. The van der Waals surface area contributed by atoms with Crippen molar-refractivity contribution in [3.05, 3.63) is 21.5 Å². The van der Waals surface area contributed by atoms with E-state index in [1.165, 1.54) is 0 Å². The maximum Gasteiger partial charge on any atom is 0.274 e. The monoisotopic (exact) mass is 224 g/mol. The summed E-state index contributed by atoms with van der Waals surface area (Å²) in [6, 6.07) is 0. The van der Waals surface area contributed by atoms with Crippen LogP contribution in [0.1, 0.15) is 30.9 Å². The summed E-state index contributed by atoms with van der Waals surface area (Å²) < 4.78 is 0. The fourth-order valence-corrected chi connectivity index (χ4v) is 1.64. The van der Waals surface area contributed by atoms with Gasteiger partial charge in [0.1, 0.15) is 5.69 Å². The molecule has 0 aromatic carbocycles. The van der Waals surface area contributed by atoms with Gasteiger partial charge in [-0.2, -0.15) is 0 Å². The summed E-state index contributed by atoms with van der Waals surface area (Å²) in [5, 5.41) is 12.0. The highest BCUT2D eigenvalue weighted by molar-refractivity contribution is 5.73. The Morgan fingerprint density at radius 3 is 2.75 bits per heavy atom. The van der Waals surface area contributed by atoms with Gasteiger partial charge in [-0.3, -0.25) is 14.6 Å². The summed E-state index contributed by atoms with van der Waals surface area (Å²) in [6.45, 7) is 3.76. The third-order valence-corrected chi connectivity index (χ3v) is 2.56. The molecule has 88 valence electrons. The highest BCUT2D eigenvalue weighted by atomic mass is 16.3. The molecule has 5 heteroatoms. The van der Waals surface area contributed by atoms with Crippen LogP contribution in [0.2, 0.25) is 0 Å². The molecule has 0 saturated carbocycles. The Kier molecular flexibility index (Phi) is 4.10.